The van der Waals surface area contributed by atoms with E-state index < -0.39 is 0 Å². The van der Waals surface area contributed by atoms with Gasteiger partial charge in [-0.2, -0.15) is 0 Å². The molecule has 69 heavy (non-hydrogen) atoms. The Bertz CT molecular complexity index is 3440. The first kappa shape index (κ1) is 44.2. The molecule has 4 aliphatic rings. The molecule has 3 nitrogen and oxygen atoms in total. The molecule has 0 N–H and O–H groups in total. The zero-order chi connectivity index (χ0) is 48.5. The van der Waals surface area contributed by atoms with Crippen LogP contribution in [0.1, 0.15) is 150 Å². The molecule has 7 aromatic carbocycles. The van der Waals surface area contributed by atoms with E-state index in [2.05, 4.69) is 234 Å². The number of benzene rings is 7. The van der Waals surface area contributed by atoms with Gasteiger partial charge in [0.25, 0.3) is 6.71 Å². The molecule has 12 rings (SSSR count). The summed E-state index contributed by atoms with van der Waals surface area (Å²) >= 11 is 0. The topological polar surface area (TPSA) is 19.6 Å². The summed E-state index contributed by atoms with van der Waals surface area (Å²) in [5.74, 6) is 0. The largest absolute Gasteiger partial charge is 0.455 e. The maximum Gasteiger partial charge on any atom is 0.252 e. The van der Waals surface area contributed by atoms with Crippen molar-refractivity contribution in [2.75, 3.05) is 9.80 Å². The molecule has 3 heterocycles. The minimum Gasteiger partial charge on any atom is -0.455 e. The first-order chi connectivity index (χ1) is 32.4. The number of fused-ring (bicyclic) bond motifs is 9. The van der Waals surface area contributed by atoms with Crippen molar-refractivity contribution in [3.05, 3.63) is 161 Å². The lowest BCUT2D eigenvalue weighted by molar-refractivity contribution is 0.332. The van der Waals surface area contributed by atoms with E-state index in [9.17, 15) is 0 Å². The molecule has 0 fully saturated rings. The maximum atomic E-state index is 6.59. The van der Waals surface area contributed by atoms with E-state index in [1.54, 1.807) is 0 Å². The van der Waals surface area contributed by atoms with Crippen molar-refractivity contribution < 1.29 is 4.42 Å². The average Bonchev–Trinajstić information content (AvgIpc) is 3.76. The molecule has 8 aromatic rings. The SMILES string of the molecule is CC(C)(C)c1ccc(N2c3cc4c(cc3B3c5cc6c(cc5N(c5ccc(-c7cccc8c7oc7ccccc78)cc5)c5cc(C(C)(C)C)cc2c53)C(C)(C)CCC6(C)C)C(C)(C)CC4(C)C)cc1. The number of hydrogen-bond donors (Lipinski definition) is 0. The van der Waals surface area contributed by atoms with Crippen LogP contribution in [-0.2, 0) is 32.5 Å². The third-order valence-electron chi connectivity index (χ3n) is 17.2. The van der Waals surface area contributed by atoms with Crippen LogP contribution in [0.25, 0.3) is 33.1 Å². The van der Waals surface area contributed by atoms with Crippen molar-refractivity contribution in [1.29, 1.82) is 0 Å². The van der Waals surface area contributed by atoms with E-state index in [0.717, 1.165) is 45.9 Å². The van der Waals surface area contributed by atoms with Gasteiger partial charge in [-0.15, -0.1) is 0 Å². The second-order valence-electron chi connectivity index (χ2n) is 26.0. The second kappa shape index (κ2) is 14.3. The Hall–Kier alpha value is -6.00. The molecule has 0 spiro atoms. The van der Waals surface area contributed by atoms with Crippen molar-refractivity contribution in [1.82, 2.24) is 0 Å². The third-order valence-corrected chi connectivity index (χ3v) is 17.2. The predicted molar refractivity (Wildman–Crippen MR) is 297 cm³/mol. The van der Waals surface area contributed by atoms with Crippen LogP contribution in [0.3, 0.4) is 0 Å². The third kappa shape index (κ3) is 6.59. The number of rotatable bonds is 3. The van der Waals surface area contributed by atoms with Crippen LogP contribution in [0.4, 0.5) is 34.1 Å². The molecule has 2 aliphatic heterocycles. The molecule has 1 aromatic heterocycles. The Morgan fingerprint density at radius 3 is 1.49 bits per heavy atom. The Morgan fingerprint density at radius 2 is 0.942 bits per heavy atom. The molecule has 0 amide bonds. The van der Waals surface area contributed by atoms with Gasteiger partial charge in [0, 0.05) is 50.5 Å². The van der Waals surface area contributed by atoms with Gasteiger partial charge < -0.3 is 14.2 Å². The molecular weight excluding hydrogens is 836 g/mol. The number of nitrogens with zero attached hydrogens (tertiary/aromatic N) is 2. The van der Waals surface area contributed by atoms with Crippen LogP contribution in [0, 0.1) is 0 Å². The van der Waals surface area contributed by atoms with Crippen molar-refractivity contribution in [3.63, 3.8) is 0 Å². The van der Waals surface area contributed by atoms with Gasteiger partial charge in [-0.25, -0.2) is 0 Å². The van der Waals surface area contributed by atoms with E-state index in [1.165, 1.54) is 90.3 Å². The van der Waals surface area contributed by atoms with Gasteiger partial charge in [0.1, 0.15) is 11.2 Å². The minimum absolute atomic E-state index is 0.0380. The molecule has 2 aliphatic carbocycles. The van der Waals surface area contributed by atoms with E-state index in [1.807, 2.05) is 0 Å². The Labute approximate surface area is 412 Å². The maximum absolute atomic E-state index is 6.59. The predicted octanol–water partition coefficient (Wildman–Crippen LogP) is 16.2. The zero-order valence-corrected chi connectivity index (χ0v) is 43.6. The number of hydrogen-bond acceptors (Lipinski definition) is 3. The lowest BCUT2D eigenvalue weighted by atomic mass is 9.32. The summed E-state index contributed by atoms with van der Waals surface area (Å²) in [6, 6.07) is 49.6. The molecule has 0 bridgehead atoms. The van der Waals surface area contributed by atoms with Gasteiger partial charge in [0.15, 0.2) is 0 Å². The average molecular weight is 905 g/mol. The van der Waals surface area contributed by atoms with Crippen LogP contribution in [0.5, 0.6) is 0 Å². The molecular formula is C65H69BN2O. The summed E-state index contributed by atoms with van der Waals surface area (Å²) in [5.41, 5.74) is 24.7. The Balaban J connectivity index is 1.16. The summed E-state index contributed by atoms with van der Waals surface area (Å²) in [4.78, 5) is 5.30. The summed E-state index contributed by atoms with van der Waals surface area (Å²) < 4.78 is 6.59. The summed E-state index contributed by atoms with van der Waals surface area (Å²) in [7, 11) is 0. The summed E-state index contributed by atoms with van der Waals surface area (Å²) in [5, 5.41) is 2.31. The molecule has 0 radical (unpaired) electrons. The van der Waals surface area contributed by atoms with Crippen LogP contribution >= 0.6 is 0 Å². The fraction of sp³-hybridized carbons (Fsp3) is 0.354. The molecule has 0 unspecified atom stereocenters. The van der Waals surface area contributed by atoms with Gasteiger partial charge in [0.2, 0.25) is 0 Å². The zero-order valence-electron chi connectivity index (χ0n) is 43.6. The summed E-state index contributed by atoms with van der Waals surface area (Å²) in [6.07, 6.45) is 3.45. The standard InChI is InChI=1S/C65H69BN2O/c1-60(2,3)40-24-28-43(29-25-40)68-54-37-50-48(64(11,12)38-65(50,13)14)35-52(54)66-51-34-47-49(63(9,10)31-30-62(47,7)8)36-53(51)67(55-32-41(61(4,5)6)33-56(68)58(55)66)42-26-22-39(23-27-42)44-19-17-20-46-45-18-15-16-21-57(45)69-59(44)46/h15-29,32-37H,30-31,38H2,1-14H3. The number of anilines is 6. The van der Waals surface area contributed by atoms with E-state index >= 15 is 0 Å². The van der Waals surface area contributed by atoms with E-state index in [-0.39, 0.29) is 39.2 Å². The van der Waals surface area contributed by atoms with E-state index in [4.69, 9.17) is 4.42 Å². The van der Waals surface area contributed by atoms with Crippen molar-refractivity contribution in [3.8, 4) is 11.1 Å². The highest BCUT2D eigenvalue weighted by molar-refractivity contribution is 7.00. The molecule has 0 saturated heterocycles. The smallest absolute Gasteiger partial charge is 0.252 e. The second-order valence-corrected chi connectivity index (χ2v) is 26.0. The number of furan rings is 1. The Kier molecular flexibility index (Phi) is 9.17. The normalized spacial score (nSPS) is 18.2. The molecule has 4 heteroatoms. The Morgan fingerprint density at radius 1 is 0.464 bits per heavy atom. The van der Waals surface area contributed by atoms with Crippen molar-refractivity contribution in [2.45, 2.75) is 149 Å². The van der Waals surface area contributed by atoms with Gasteiger partial charge in [-0.05, 0) is 162 Å². The fourth-order valence-electron chi connectivity index (χ4n) is 13.4. The van der Waals surface area contributed by atoms with E-state index in [0.29, 0.717) is 0 Å². The van der Waals surface area contributed by atoms with Crippen LogP contribution < -0.4 is 26.2 Å². The summed E-state index contributed by atoms with van der Waals surface area (Å²) in [6.45, 7) is 33.9. The monoisotopic (exact) mass is 905 g/mol. The van der Waals surface area contributed by atoms with Crippen molar-refractivity contribution >= 4 is 79.2 Å². The van der Waals surface area contributed by atoms with Gasteiger partial charge in [-0.3, -0.25) is 0 Å². The highest BCUT2D eigenvalue weighted by Crippen LogP contribution is 2.54. The minimum atomic E-state index is -0.115. The van der Waals surface area contributed by atoms with Gasteiger partial charge >= 0.3 is 0 Å². The highest BCUT2D eigenvalue weighted by atomic mass is 16.3. The lowest BCUT2D eigenvalue weighted by Crippen LogP contribution is -2.62. The molecule has 348 valence electrons. The fourth-order valence-corrected chi connectivity index (χ4v) is 13.4. The molecule has 0 saturated carbocycles. The number of para-hydroxylation sites is 2. The first-order valence-corrected chi connectivity index (χ1v) is 25.7. The quantitative estimate of drug-likeness (QED) is 0.165. The van der Waals surface area contributed by atoms with Crippen LogP contribution in [0.2, 0.25) is 0 Å². The van der Waals surface area contributed by atoms with Gasteiger partial charge in [0.05, 0.1) is 0 Å². The highest BCUT2D eigenvalue weighted by Gasteiger charge is 2.50. The lowest BCUT2D eigenvalue weighted by Gasteiger charge is -2.48. The first-order valence-electron chi connectivity index (χ1n) is 25.7. The molecule has 0 atom stereocenters. The van der Waals surface area contributed by atoms with Crippen LogP contribution in [0.15, 0.2) is 132 Å². The van der Waals surface area contributed by atoms with Gasteiger partial charge in [-0.1, -0.05) is 170 Å². The van der Waals surface area contributed by atoms with Crippen LogP contribution in [-0.4, -0.2) is 6.71 Å². The van der Waals surface area contributed by atoms with Crippen molar-refractivity contribution in [2.24, 2.45) is 0 Å².